The molecular weight excluding hydrogens is 190 g/mol. The molecule has 2 atom stereocenters. The van der Waals surface area contributed by atoms with Crippen molar-refractivity contribution in [2.75, 3.05) is 0 Å². The van der Waals surface area contributed by atoms with E-state index in [0.717, 1.165) is 32.1 Å². The van der Waals surface area contributed by atoms with Gasteiger partial charge in [-0.15, -0.1) is 0 Å². The van der Waals surface area contributed by atoms with Gasteiger partial charge in [0.05, 0.1) is 5.60 Å². The third-order valence-electron chi connectivity index (χ3n) is 4.47. The van der Waals surface area contributed by atoms with Crippen LogP contribution in [0, 0.1) is 11.8 Å². The Bertz CT molecular complexity index is 299. The molecule has 0 aliphatic heterocycles. The van der Waals surface area contributed by atoms with Crippen LogP contribution in [0.25, 0.3) is 0 Å². The molecule has 2 unspecified atom stereocenters. The van der Waals surface area contributed by atoms with E-state index in [9.17, 15) is 9.90 Å². The molecule has 4 bridgehead atoms. The van der Waals surface area contributed by atoms with Crippen LogP contribution in [0.3, 0.4) is 0 Å². The number of carbonyl (C=O) groups excluding carboxylic acids is 1. The number of nitrogens with one attached hydrogen (secondary N) is 1. The second-order valence-corrected chi connectivity index (χ2v) is 6.15. The summed E-state index contributed by atoms with van der Waals surface area (Å²) in [4.78, 5) is 11.2. The van der Waals surface area contributed by atoms with Crippen molar-refractivity contribution < 1.29 is 9.90 Å². The fraction of sp³-hybridized carbons (Fsp3) is 0.917. The number of hydrogen-bond donors (Lipinski definition) is 2. The van der Waals surface area contributed by atoms with Gasteiger partial charge in [0.1, 0.15) is 0 Å². The molecular formula is C12H19NO2. The Morgan fingerprint density at radius 3 is 2.33 bits per heavy atom. The van der Waals surface area contributed by atoms with E-state index in [0.29, 0.717) is 11.8 Å². The summed E-state index contributed by atoms with van der Waals surface area (Å²) in [5, 5.41) is 13.5. The van der Waals surface area contributed by atoms with Gasteiger partial charge in [-0.2, -0.15) is 0 Å². The Kier molecular flexibility index (Phi) is 1.77. The molecule has 0 heterocycles. The van der Waals surface area contributed by atoms with Crippen LogP contribution in [-0.4, -0.2) is 22.2 Å². The number of carbonyl (C=O) groups is 1. The zero-order valence-electron chi connectivity index (χ0n) is 9.25. The maximum Gasteiger partial charge on any atom is 0.217 e. The highest BCUT2D eigenvalue weighted by molar-refractivity contribution is 5.74. The van der Waals surface area contributed by atoms with Crippen molar-refractivity contribution in [1.82, 2.24) is 5.32 Å². The summed E-state index contributed by atoms with van der Waals surface area (Å²) in [6.07, 6.45) is 6.16. The van der Waals surface area contributed by atoms with Crippen molar-refractivity contribution in [3.63, 3.8) is 0 Å². The smallest absolute Gasteiger partial charge is 0.217 e. The molecule has 1 amide bonds. The van der Waals surface area contributed by atoms with Gasteiger partial charge in [-0.25, -0.2) is 0 Å². The minimum atomic E-state index is -0.466. The number of hydrogen-bond acceptors (Lipinski definition) is 2. The molecule has 4 rings (SSSR count). The Morgan fingerprint density at radius 1 is 1.27 bits per heavy atom. The molecule has 0 aromatic carbocycles. The first-order chi connectivity index (χ1) is 6.99. The van der Waals surface area contributed by atoms with Crippen molar-refractivity contribution in [3.8, 4) is 0 Å². The second-order valence-electron chi connectivity index (χ2n) is 6.15. The van der Waals surface area contributed by atoms with Crippen LogP contribution in [0.15, 0.2) is 0 Å². The summed E-state index contributed by atoms with van der Waals surface area (Å²) >= 11 is 0. The largest absolute Gasteiger partial charge is 0.390 e. The van der Waals surface area contributed by atoms with Gasteiger partial charge in [-0.1, -0.05) is 0 Å². The Balaban J connectivity index is 1.89. The van der Waals surface area contributed by atoms with E-state index in [1.54, 1.807) is 6.92 Å². The van der Waals surface area contributed by atoms with Gasteiger partial charge in [0.15, 0.2) is 0 Å². The van der Waals surface area contributed by atoms with Crippen LogP contribution < -0.4 is 5.32 Å². The number of rotatable bonds is 1. The highest BCUT2D eigenvalue weighted by Gasteiger charge is 2.57. The van der Waals surface area contributed by atoms with Gasteiger partial charge in [0, 0.05) is 12.5 Å². The van der Waals surface area contributed by atoms with Crippen LogP contribution in [0.2, 0.25) is 0 Å². The maximum absolute atomic E-state index is 11.2. The van der Waals surface area contributed by atoms with Crippen LogP contribution in [0.5, 0.6) is 0 Å². The highest BCUT2D eigenvalue weighted by Crippen LogP contribution is 2.57. The summed E-state index contributed by atoms with van der Waals surface area (Å²) in [7, 11) is 0. The number of amides is 1. The van der Waals surface area contributed by atoms with Crippen LogP contribution in [0.1, 0.15) is 45.4 Å². The van der Waals surface area contributed by atoms with Crippen LogP contribution in [-0.2, 0) is 4.79 Å². The Hall–Kier alpha value is -0.570. The molecule has 2 N–H and O–H groups in total. The van der Waals surface area contributed by atoms with Crippen LogP contribution >= 0.6 is 0 Å². The average Bonchev–Trinajstić information content (AvgIpc) is 1.94. The summed E-state index contributed by atoms with van der Waals surface area (Å²) in [6.45, 7) is 1.59. The zero-order chi connectivity index (χ0) is 10.7. The van der Waals surface area contributed by atoms with Crippen molar-refractivity contribution in [3.05, 3.63) is 0 Å². The fourth-order valence-electron chi connectivity index (χ4n) is 4.73. The van der Waals surface area contributed by atoms with Gasteiger partial charge >= 0.3 is 0 Å². The molecule has 4 aliphatic rings. The van der Waals surface area contributed by atoms with E-state index >= 15 is 0 Å². The minimum absolute atomic E-state index is 0.0561. The molecule has 84 valence electrons. The van der Waals surface area contributed by atoms with Gasteiger partial charge in [-0.05, 0) is 50.4 Å². The van der Waals surface area contributed by atoms with Crippen LogP contribution in [0.4, 0.5) is 0 Å². The van der Waals surface area contributed by atoms with Gasteiger partial charge in [0.2, 0.25) is 5.91 Å². The zero-order valence-corrected chi connectivity index (χ0v) is 9.25. The van der Waals surface area contributed by atoms with Crippen molar-refractivity contribution in [2.24, 2.45) is 11.8 Å². The monoisotopic (exact) mass is 209 g/mol. The van der Waals surface area contributed by atoms with E-state index < -0.39 is 5.60 Å². The Labute approximate surface area is 90.2 Å². The molecule has 4 fully saturated rings. The first kappa shape index (κ1) is 9.64. The molecule has 3 heteroatoms. The predicted octanol–water partition coefficient (Wildman–Crippen LogP) is 1.21. The quantitative estimate of drug-likeness (QED) is 0.682. The molecule has 0 aromatic heterocycles. The molecule has 0 spiro atoms. The molecule has 4 saturated carbocycles. The molecule has 0 radical (unpaired) electrons. The third-order valence-corrected chi connectivity index (χ3v) is 4.47. The lowest BCUT2D eigenvalue weighted by molar-refractivity contribution is -0.149. The molecule has 0 saturated heterocycles. The lowest BCUT2D eigenvalue weighted by atomic mass is 9.51. The van der Waals surface area contributed by atoms with Crippen molar-refractivity contribution in [1.29, 1.82) is 0 Å². The predicted molar refractivity (Wildman–Crippen MR) is 56.2 cm³/mol. The van der Waals surface area contributed by atoms with E-state index in [1.807, 2.05) is 0 Å². The molecule has 3 nitrogen and oxygen atoms in total. The second kappa shape index (κ2) is 2.76. The molecule has 0 aromatic rings. The summed E-state index contributed by atoms with van der Waals surface area (Å²) in [6, 6.07) is 0. The normalized spacial score (nSPS) is 51.9. The van der Waals surface area contributed by atoms with E-state index in [1.165, 1.54) is 6.42 Å². The summed E-state index contributed by atoms with van der Waals surface area (Å²) in [5.74, 6) is 1.34. The first-order valence-electron chi connectivity index (χ1n) is 6.00. The van der Waals surface area contributed by atoms with Crippen molar-refractivity contribution in [2.45, 2.75) is 56.6 Å². The van der Waals surface area contributed by atoms with E-state index in [4.69, 9.17) is 0 Å². The van der Waals surface area contributed by atoms with Crippen molar-refractivity contribution >= 4 is 5.91 Å². The van der Waals surface area contributed by atoms with E-state index in [2.05, 4.69) is 5.32 Å². The standard InChI is InChI=1S/C12H19NO2/c1-8(14)13-11-3-9-2-10(4-11)6-12(15,5-9)7-11/h9-10,15H,2-7H2,1H3,(H,13,14). The molecule has 4 aliphatic carbocycles. The highest BCUT2D eigenvalue weighted by atomic mass is 16.3. The lowest BCUT2D eigenvalue weighted by Gasteiger charge is -2.60. The maximum atomic E-state index is 11.2. The average molecular weight is 209 g/mol. The summed E-state index contributed by atoms with van der Waals surface area (Å²) < 4.78 is 0. The fourth-order valence-corrected chi connectivity index (χ4v) is 4.73. The van der Waals surface area contributed by atoms with Gasteiger partial charge in [0.25, 0.3) is 0 Å². The third kappa shape index (κ3) is 1.48. The van der Waals surface area contributed by atoms with Gasteiger partial charge in [-0.3, -0.25) is 4.79 Å². The lowest BCUT2D eigenvalue weighted by Crippen LogP contribution is -2.65. The molecule has 15 heavy (non-hydrogen) atoms. The SMILES string of the molecule is CC(=O)NC12CC3CC(CC(O)(C3)C1)C2. The number of aliphatic hydroxyl groups is 1. The minimum Gasteiger partial charge on any atom is -0.390 e. The first-order valence-corrected chi connectivity index (χ1v) is 6.00. The van der Waals surface area contributed by atoms with Gasteiger partial charge < -0.3 is 10.4 Å². The summed E-state index contributed by atoms with van der Waals surface area (Å²) in [5.41, 5.74) is -0.531. The van der Waals surface area contributed by atoms with E-state index in [-0.39, 0.29) is 11.4 Å². The Morgan fingerprint density at radius 2 is 1.87 bits per heavy atom. The topological polar surface area (TPSA) is 49.3 Å².